The molecule has 1 N–H and O–H groups in total. The summed E-state index contributed by atoms with van der Waals surface area (Å²) >= 11 is 0. The van der Waals surface area contributed by atoms with Crippen LogP contribution in [0, 0.1) is 6.92 Å². The Morgan fingerprint density at radius 3 is 3.08 bits per heavy atom. The smallest absolute Gasteiger partial charge is 0.0638 e. The highest BCUT2D eigenvalue weighted by molar-refractivity contribution is 5.42. The van der Waals surface area contributed by atoms with Crippen LogP contribution in [0.5, 0.6) is 0 Å². The van der Waals surface area contributed by atoms with Crippen LogP contribution in [0.2, 0.25) is 0 Å². The Hall–Kier alpha value is -1.09. The van der Waals surface area contributed by atoms with Crippen LogP contribution < -0.4 is 5.32 Å². The average Bonchev–Trinajstić information content (AvgIpc) is 2.13. The number of hydrogen-bond acceptors (Lipinski definition) is 3. The highest BCUT2D eigenvalue weighted by atomic mass is 16.5. The lowest BCUT2D eigenvalue weighted by Crippen LogP contribution is -2.09. The molecular formula is C10H16N2O. The first-order chi connectivity index (χ1) is 6.33. The first kappa shape index (κ1) is 9.99. The maximum absolute atomic E-state index is 5.21. The van der Waals surface area contributed by atoms with E-state index in [4.69, 9.17) is 4.74 Å². The van der Waals surface area contributed by atoms with Gasteiger partial charge in [0.05, 0.1) is 6.61 Å². The average molecular weight is 180 g/mol. The van der Waals surface area contributed by atoms with E-state index in [2.05, 4.69) is 10.3 Å². The molecule has 1 heterocycles. The monoisotopic (exact) mass is 180 g/mol. The van der Waals surface area contributed by atoms with Crippen LogP contribution in [0.15, 0.2) is 18.3 Å². The fourth-order valence-corrected chi connectivity index (χ4v) is 1.07. The van der Waals surface area contributed by atoms with Gasteiger partial charge in [-0.05, 0) is 26.0 Å². The number of ether oxygens (including phenoxy) is 1. The van der Waals surface area contributed by atoms with Crippen LogP contribution in [0.1, 0.15) is 12.6 Å². The van der Waals surface area contributed by atoms with Gasteiger partial charge in [0.1, 0.15) is 0 Å². The highest BCUT2D eigenvalue weighted by Gasteiger charge is 1.91. The van der Waals surface area contributed by atoms with E-state index in [1.807, 2.05) is 26.0 Å². The number of rotatable bonds is 5. The third-order valence-corrected chi connectivity index (χ3v) is 1.68. The van der Waals surface area contributed by atoms with Crippen molar-refractivity contribution in [3.8, 4) is 0 Å². The molecule has 0 radical (unpaired) electrons. The van der Waals surface area contributed by atoms with Crippen molar-refractivity contribution in [3.63, 3.8) is 0 Å². The molecule has 0 aliphatic rings. The standard InChI is InChI=1S/C10H16N2O/c1-3-13-7-6-12-10-4-5-11-9(2)8-10/h4-5,8H,3,6-7H2,1-2H3,(H,11,12). The van der Waals surface area contributed by atoms with Gasteiger partial charge in [0.15, 0.2) is 0 Å². The molecule has 3 nitrogen and oxygen atoms in total. The summed E-state index contributed by atoms with van der Waals surface area (Å²) in [5, 5.41) is 3.26. The number of anilines is 1. The second-order valence-electron chi connectivity index (χ2n) is 2.81. The van der Waals surface area contributed by atoms with Gasteiger partial charge >= 0.3 is 0 Å². The molecule has 0 bridgehead atoms. The first-order valence-electron chi connectivity index (χ1n) is 4.57. The predicted molar refractivity (Wildman–Crippen MR) is 54.0 cm³/mol. The second kappa shape index (κ2) is 5.54. The zero-order valence-corrected chi connectivity index (χ0v) is 8.21. The molecule has 0 spiro atoms. The molecule has 72 valence electrons. The largest absolute Gasteiger partial charge is 0.383 e. The van der Waals surface area contributed by atoms with Gasteiger partial charge in [-0.15, -0.1) is 0 Å². The topological polar surface area (TPSA) is 34.1 Å². The van der Waals surface area contributed by atoms with Gasteiger partial charge in [-0.25, -0.2) is 0 Å². The molecule has 1 aromatic rings. The second-order valence-corrected chi connectivity index (χ2v) is 2.81. The van der Waals surface area contributed by atoms with Crippen molar-refractivity contribution < 1.29 is 4.74 Å². The van der Waals surface area contributed by atoms with Gasteiger partial charge in [-0.3, -0.25) is 4.98 Å². The molecule has 3 heteroatoms. The van der Waals surface area contributed by atoms with Crippen molar-refractivity contribution in [2.45, 2.75) is 13.8 Å². The summed E-state index contributed by atoms with van der Waals surface area (Å²) in [7, 11) is 0. The van der Waals surface area contributed by atoms with Crippen LogP contribution in [-0.4, -0.2) is 24.7 Å². The lowest BCUT2D eigenvalue weighted by molar-refractivity contribution is 0.158. The van der Waals surface area contributed by atoms with E-state index in [0.29, 0.717) is 0 Å². The minimum Gasteiger partial charge on any atom is -0.383 e. The summed E-state index contributed by atoms with van der Waals surface area (Å²) in [6.45, 7) is 6.34. The van der Waals surface area contributed by atoms with Gasteiger partial charge in [0, 0.05) is 30.7 Å². The maximum atomic E-state index is 5.21. The van der Waals surface area contributed by atoms with Crippen molar-refractivity contribution in [1.82, 2.24) is 4.98 Å². The van der Waals surface area contributed by atoms with E-state index in [1.165, 1.54) is 0 Å². The SMILES string of the molecule is CCOCCNc1ccnc(C)c1. The van der Waals surface area contributed by atoms with Crippen molar-refractivity contribution in [3.05, 3.63) is 24.0 Å². The van der Waals surface area contributed by atoms with Crippen molar-refractivity contribution in [2.24, 2.45) is 0 Å². The van der Waals surface area contributed by atoms with Crippen LogP contribution in [0.3, 0.4) is 0 Å². The zero-order valence-electron chi connectivity index (χ0n) is 8.21. The normalized spacial score (nSPS) is 10.0. The van der Waals surface area contributed by atoms with Crippen molar-refractivity contribution in [2.75, 3.05) is 25.1 Å². The predicted octanol–water partition coefficient (Wildman–Crippen LogP) is 1.84. The Balaban J connectivity index is 2.28. The quantitative estimate of drug-likeness (QED) is 0.702. The van der Waals surface area contributed by atoms with E-state index in [1.54, 1.807) is 6.20 Å². The molecular weight excluding hydrogens is 164 g/mol. The lowest BCUT2D eigenvalue weighted by atomic mass is 10.3. The fourth-order valence-electron chi connectivity index (χ4n) is 1.07. The van der Waals surface area contributed by atoms with Gasteiger partial charge in [-0.2, -0.15) is 0 Å². The van der Waals surface area contributed by atoms with E-state index >= 15 is 0 Å². The van der Waals surface area contributed by atoms with Crippen LogP contribution in [0.4, 0.5) is 5.69 Å². The highest BCUT2D eigenvalue weighted by Crippen LogP contribution is 2.05. The van der Waals surface area contributed by atoms with Gasteiger partial charge < -0.3 is 10.1 Å². The van der Waals surface area contributed by atoms with Crippen LogP contribution >= 0.6 is 0 Å². The van der Waals surface area contributed by atoms with Gasteiger partial charge in [-0.1, -0.05) is 0 Å². The number of aromatic nitrogens is 1. The summed E-state index contributed by atoms with van der Waals surface area (Å²) in [4.78, 5) is 4.11. The minimum absolute atomic E-state index is 0.748. The van der Waals surface area contributed by atoms with E-state index < -0.39 is 0 Å². The summed E-state index contributed by atoms with van der Waals surface area (Å²) in [6, 6.07) is 3.98. The summed E-state index contributed by atoms with van der Waals surface area (Å²) < 4.78 is 5.21. The number of pyridine rings is 1. The zero-order chi connectivity index (χ0) is 9.52. The molecule has 0 amide bonds. The lowest BCUT2D eigenvalue weighted by Gasteiger charge is -2.06. The molecule has 13 heavy (non-hydrogen) atoms. The molecule has 0 aliphatic carbocycles. The summed E-state index contributed by atoms with van der Waals surface area (Å²) in [5.74, 6) is 0. The Morgan fingerprint density at radius 1 is 1.54 bits per heavy atom. The minimum atomic E-state index is 0.748. The van der Waals surface area contributed by atoms with E-state index in [-0.39, 0.29) is 0 Å². The fraction of sp³-hybridized carbons (Fsp3) is 0.500. The number of hydrogen-bond donors (Lipinski definition) is 1. The molecule has 1 rings (SSSR count). The maximum Gasteiger partial charge on any atom is 0.0638 e. The third kappa shape index (κ3) is 3.90. The Labute approximate surface area is 79.1 Å². The Bertz CT molecular complexity index is 250. The third-order valence-electron chi connectivity index (χ3n) is 1.68. The summed E-state index contributed by atoms with van der Waals surface area (Å²) in [6.07, 6.45) is 1.80. The molecule has 0 atom stereocenters. The van der Waals surface area contributed by atoms with E-state index in [9.17, 15) is 0 Å². The van der Waals surface area contributed by atoms with Gasteiger partial charge in [0.25, 0.3) is 0 Å². The Kier molecular flexibility index (Phi) is 4.26. The first-order valence-corrected chi connectivity index (χ1v) is 4.57. The molecule has 0 unspecified atom stereocenters. The van der Waals surface area contributed by atoms with Crippen molar-refractivity contribution in [1.29, 1.82) is 0 Å². The van der Waals surface area contributed by atoms with Crippen LogP contribution in [-0.2, 0) is 4.74 Å². The number of aryl methyl sites for hydroxylation is 1. The molecule has 1 aromatic heterocycles. The molecule has 0 saturated heterocycles. The molecule has 0 fully saturated rings. The van der Waals surface area contributed by atoms with Crippen molar-refractivity contribution >= 4 is 5.69 Å². The molecule has 0 aromatic carbocycles. The van der Waals surface area contributed by atoms with Crippen LogP contribution in [0.25, 0.3) is 0 Å². The van der Waals surface area contributed by atoms with E-state index in [0.717, 1.165) is 31.1 Å². The molecule has 0 aliphatic heterocycles. The molecule has 0 saturated carbocycles. The Morgan fingerprint density at radius 2 is 2.38 bits per heavy atom. The number of nitrogens with zero attached hydrogens (tertiary/aromatic N) is 1. The summed E-state index contributed by atoms with van der Waals surface area (Å²) in [5.41, 5.74) is 2.13. The van der Waals surface area contributed by atoms with Gasteiger partial charge in [0.2, 0.25) is 0 Å². The number of nitrogens with one attached hydrogen (secondary N) is 1.